The van der Waals surface area contributed by atoms with Gasteiger partial charge in [0.15, 0.2) is 0 Å². The van der Waals surface area contributed by atoms with Gasteiger partial charge in [-0.1, -0.05) is 12.1 Å². The molecule has 0 spiro atoms. The lowest BCUT2D eigenvalue weighted by molar-refractivity contribution is 0.0996. The molecule has 18 heavy (non-hydrogen) atoms. The Morgan fingerprint density at radius 3 is 3.00 bits per heavy atom. The van der Waals surface area contributed by atoms with Gasteiger partial charge in [0.2, 0.25) is 0 Å². The number of nitrogens with two attached hydrogens (primary N) is 1. The number of carbonyl (C=O) groups is 1. The quantitative estimate of drug-likeness (QED) is 0.831. The molecule has 1 aliphatic heterocycles. The number of benzene rings is 1. The molecule has 1 atom stereocenters. The van der Waals surface area contributed by atoms with E-state index in [-0.39, 0.29) is 0 Å². The molecule has 0 radical (unpaired) electrons. The van der Waals surface area contributed by atoms with Crippen molar-refractivity contribution in [1.29, 1.82) is 0 Å². The molecular formula is C14H20N2O2. The maximum Gasteiger partial charge on any atom is 0.252 e. The summed E-state index contributed by atoms with van der Waals surface area (Å²) < 4.78 is 5.67. The predicted molar refractivity (Wildman–Crippen MR) is 70.7 cm³/mol. The van der Waals surface area contributed by atoms with Crippen molar-refractivity contribution in [1.82, 2.24) is 5.32 Å². The average molecular weight is 248 g/mol. The fourth-order valence-corrected chi connectivity index (χ4v) is 2.30. The highest BCUT2D eigenvalue weighted by Crippen LogP contribution is 2.19. The Labute approximate surface area is 108 Å². The Kier molecular flexibility index (Phi) is 4.59. The van der Waals surface area contributed by atoms with E-state index in [9.17, 15) is 4.79 Å². The van der Waals surface area contributed by atoms with Crippen molar-refractivity contribution in [2.24, 2.45) is 11.7 Å². The molecular weight excluding hydrogens is 228 g/mol. The molecule has 0 saturated carbocycles. The molecule has 1 heterocycles. The summed E-state index contributed by atoms with van der Waals surface area (Å²) in [5.41, 5.74) is 5.76. The first-order chi connectivity index (χ1) is 8.77. The van der Waals surface area contributed by atoms with Crippen molar-refractivity contribution in [2.45, 2.75) is 19.3 Å². The van der Waals surface area contributed by atoms with Gasteiger partial charge >= 0.3 is 0 Å². The Balaban J connectivity index is 1.84. The molecule has 4 nitrogen and oxygen atoms in total. The third-order valence-corrected chi connectivity index (χ3v) is 3.34. The van der Waals surface area contributed by atoms with Crippen molar-refractivity contribution >= 4 is 5.91 Å². The Hall–Kier alpha value is -1.55. The lowest BCUT2D eigenvalue weighted by Gasteiger charge is -2.22. The number of carbonyl (C=O) groups excluding carboxylic acids is 1. The lowest BCUT2D eigenvalue weighted by atomic mass is 9.97. The molecule has 0 bridgehead atoms. The molecule has 1 aromatic rings. The van der Waals surface area contributed by atoms with Gasteiger partial charge in [-0.25, -0.2) is 0 Å². The maximum absolute atomic E-state index is 11.2. The summed E-state index contributed by atoms with van der Waals surface area (Å²) >= 11 is 0. The van der Waals surface area contributed by atoms with Gasteiger partial charge in [-0.2, -0.15) is 0 Å². The average Bonchev–Trinajstić information content (AvgIpc) is 2.40. The fourth-order valence-electron chi connectivity index (χ4n) is 2.30. The van der Waals surface area contributed by atoms with Gasteiger partial charge in [0.1, 0.15) is 5.75 Å². The Bertz CT molecular complexity index is 401. The number of rotatable bonds is 5. The number of nitrogens with one attached hydrogen (secondary N) is 1. The summed E-state index contributed by atoms with van der Waals surface area (Å²) in [6.45, 7) is 2.83. The zero-order valence-electron chi connectivity index (χ0n) is 10.5. The van der Waals surface area contributed by atoms with Crippen LogP contribution in [0.4, 0.5) is 0 Å². The zero-order chi connectivity index (χ0) is 12.8. The summed E-state index contributed by atoms with van der Waals surface area (Å²) in [6, 6.07) is 7.13. The predicted octanol–water partition coefficient (Wildman–Crippen LogP) is 1.55. The van der Waals surface area contributed by atoms with Gasteiger partial charge in [0.05, 0.1) is 12.2 Å². The van der Waals surface area contributed by atoms with Crippen LogP contribution in [-0.4, -0.2) is 25.6 Å². The van der Waals surface area contributed by atoms with Crippen LogP contribution in [-0.2, 0) is 0 Å². The molecule has 98 valence electrons. The number of amides is 1. The van der Waals surface area contributed by atoms with Crippen LogP contribution in [0.1, 0.15) is 29.6 Å². The highest BCUT2D eigenvalue weighted by atomic mass is 16.5. The van der Waals surface area contributed by atoms with E-state index in [2.05, 4.69) is 5.32 Å². The molecule has 1 unspecified atom stereocenters. The first-order valence-corrected chi connectivity index (χ1v) is 6.49. The van der Waals surface area contributed by atoms with Gasteiger partial charge in [0, 0.05) is 0 Å². The summed E-state index contributed by atoms with van der Waals surface area (Å²) in [7, 11) is 0. The standard InChI is InChI=1S/C14H20N2O2/c15-14(17)12-5-1-2-6-13(12)18-9-7-11-4-3-8-16-10-11/h1-2,5-6,11,16H,3-4,7-10H2,(H2,15,17). The molecule has 4 heteroatoms. The van der Waals surface area contributed by atoms with Gasteiger partial charge in [0.25, 0.3) is 5.91 Å². The molecule has 2 rings (SSSR count). The topological polar surface area (TPSA) is 64.4 Å². The number of hydrogen-bond acceptors (Lipinski definition) is 3. The second-order valence-electron chi connectivity index (χ2n) is 4.71. The number of para-hydroxylation sites is 1. The SMILES string of the molecule is NC(=O)c1ccccc1OCCC1CCCNC1. The third-order valence-electron chi connectivity index (χ3n) is 3.34. The van der Waals surface area contributed by atoms with E-state index in [1.165, 1.54) is 12.8 Å². The zero-order valence-corrected chi connectivity index (χ0v) is 10.5. The van der Waals surface area contributed by atoms with Crippen LogP contribution in [0.2, 0.25) is 0 Å². The molecule has 3 N–H and O–H groups in total. The minimum atomic E-state index is -0.440. The van der Waals surface area contributed by atoms with Crippen molar-refractivity contribution < 1.29 is 9.53 Å². The van der Waals surface area contributed by atoms with E-state index in [1.807, 2.05) is 6.07 Å². The molecule has 1 aromatic carbocycles. The molecule has 1 aliphatic rings. The minimum Gasteiger partial charge on any atom is -0.493 e. The number of piperidine rings is 1. The number of hydrogen-bond donors (Lipinski definition) is 2. The molecule has 1 fully saturated rings. The fraction of sp³-hybridized carbons (Fsp3) is 0.500. The number of ether oxygens (including phenoxy) is 1. The van der Waals surface area contributed by atoms with Crippen molar-refractivity contribution in [3.63, 3.8) is 0 Å². The van der Waals surface area contributed by atoms with Crippen molar-refractivity contribution in [3.8, 4) is 5.75 Å². The molecule has 1 amide bonds. The van der Waals surface area contributed by atoms with Crippen molar-refractivity contribution in [2.75, 3.05) is 19.7 Å². The highest BCUT2D eigenvalue weighted by molar-refractivity contribution is 5.95. The second kappa shape index (κ2) is 6.40. The molecule has 0 aliphatic carbocycles. The van der Waals surface area contributed by atoms with Crippen molar-refractivity contribution in [3.05, 3.63) is 29.8 Å². The van der Waals surface area contributed by atoms with E-state index in [4.69, 9.17) is 10.5 Å². The second-order valence-corrected chi connectivity index (χ2v) is 4.71. The summed E-state index contributed by atoms with van der Waals surface area (Å²) in [6.07, 6.45) is 3.51. The van der Waals surface area contributed by atoms with Gasteiger partial charge < -0.3 is 15.8 Å². The van der Waals surface area contributed by atoms with Gasteiger partial charge in [-0.05, 0) is 50.4 Å². The van der Waals surface area contributed by atoms with E-state index in [0.29, 0.717) is 23.8 Å². The van der Waals surface area contributed by atoms with Crippen LogP contribution in [0.3, 0.4) is 0 Å². The maximum atomic E-state index is 11.2. The first kappa shape index (κ1) is 12.9. The van der Waals surface area contributed by atoms with Gasteiger partial charge in [-0.15, -0.1) is 0 Å². The minimum absolute atomic E-state index is 0.440. The highest BCUT2D eigenvalue weighted by Gasteiger charge is 2.13. The van der Waals surface area contributed by atoms with Crippen LogP contribution < -0.4 is 15.8 Å². The number of primary amides is 1. The van der Waals surface area contributed by atoms with Gasteiger partial charge in [-0.3, -0.25) is 4.79 Å². The smallest absolute Gasteiger partial charge is 0.252 e. The van der Waals surface area contributed by atoms with Crippen LogP contribution >= 0.6 is 0 Å². The largest absolute Gasteiger partial charge is 0.493 e. The van der Waals surface area contributed by atoms with E-state index in [0.717, 1.165) is 19.5 Å². The van der Waals surface area contributed by atoms with Crippen LogP contribution in [0, 0.1) is 5.92 Å². The van der Waals surface area contributed by atoms with Crippen LogP contribution in [0.15, 0.2) is 24.3 Å². The summed E-state index contributed by atoms with van der Waals surface area (Å²) in [5, 5.41) is 3.38. The first-order valence-electron chi connectivity index (χ1n) is 6.49. The monoisotopic (exact) mass is 248 g/mol. The molecule has 0 aromatic heterocycles. The van der Waals surface area contributed by atoms with E-state index >= 15 is 0 Å². The summed E-state index contributed by atoms with van der Waals surface area (Å²) in [5.74, 6) is 0.832. The molecule has 1 saturated heterocycles. The lowest BCUT2D eigenvalue weighted by Crippen LogP contribution is -2.30. The normalized spacial score (nSPS) is 19.4. The van der Waals surface area contributed by atoms with E-state index < -0.39 is 5.91 Å². The van der Waals surface area contributed by atoms with Crippen LogP contribution in [0.5, 0.6) is 5.75 Å². The Morgan fingerprint density at radius 1 is 1.44 bits per heavy atom. The summed E-state index contributed by atoms with van der Waals surface area (Å²) in [4.78, 5) is 11.2. The Morgan fingerprint density at radius 2 is 2.28 bits per heavy atom. The van der Waals surface area contributed by atoms with Crippen LogP contribution in [0.25, 0.3) is 0 Å². The van der Waals surface area contributed by atoms with E-state index in [1.54, 1.807) is 18.2 Å². The third kappa shape index (κ3) is 3.47.